The molecule has 1 aliphatic carbocycles. The van der Waals surface area contributed by atoms with E-state index in [0.29, 0.717) is 5.41 Å². The van der Waals surface area contributed by atoms with Crippen LogP contribution in [0.4, 0.5) is 0 Å². The highest BCUT2D eigenvalue weighted by atomic mass is 14.3. The van der Waals surface area contributed by atoms with Crippen molar-refractivity contribution in [2.24, 2.45) is 5.41 Å². The molecule has 0 radical (unpaired) electrons. The van der Waals surface area contributed by atoms with Crippen LogP contribution in [0, 0.1) is 5.41 Å². The van der Waals surface area contributed by atoms with E-state index < -0.39 is 0 Å². The third-order valence-electron chi connectivity index (χ3n) is 3.54. The maximum Gasteiger partial charge on any atom is -0.0323 e. The van der Waals surface area contributed by atoms with E-state index in [0.717, 1.165) is 0 Å². The number of hydrogen-bond acceptors (Lipinski definition) is 0. The number of allylic oxidation sites excluding steroid dienone is 4. The molecule has 0 aromatic carbocycles. The minimum atomic E-state index is 0.646. The Bertz CT molecular complexity index is 222. The highest BCUT2D eigenvalue weighted by Crippen LogP contribution is 2.39. The summed E-state index contributed by atoms with van der Waals surface area (Å²) in [4.78, 5) is 0. The van der Waals surface area contributed by atoms with Crippen molar-refractivity contribution < 1.29 is 0 Å². The van der Waals surface area contributed by atoms with E-state index >= 15 is 0 Å². The lowest BCUT2D eigenvalue weighted by molar-refractivity contribution is 0.201. The maximum absolute atomic E-state index is 2.47. The van der Waals surface area contributed by atoms with Gasteiger partial charge in [-0.3, -0.25) is 0 Å². The molecule has 0 unspecified atom stereocenters. The molecule has 0 bridgehead atoms. The van der Waals surface area contributed by atoms with Crippen LogP contribution in [-0.2, 0) is 0 Å². The predicted molar refractivity (Wildman–Crippen MR) is 69.0 cm³/mol. The lowest BCUT2D eigenvalue weighted by Crippen LogP contribution is -2.19. The van der Waals surface area contributed by atoms with E-state index in [1.165, 1.54) is 50.5 Å². The molecule has 0 nitrogen and oxygen atoms in total. The molecular weight excluding hydrogens is 180 g/mol. The van der Waals surface area contributed by atoms with E-state index in [1.54, 1.807) is 0 Å². The van der Waals surface area contributed by atoms with Gasteiger partial charge in [-0.05, 0) is 44.9 Å². The Labute approximate surface area is 95.5 Å². The van der Waals surface area contributed by atoms with Crippen molar-refractivity contribution >= 4 is 0 Å². The first-order valence-electron chi connectivity index (χ1n) is 6.42. The molecular formula is C15H26. The van der Waals surface area contributed by atoms with Crippen molar-refractivity contribution in [2.45, 2.75) is 65.7 Å². The fourth-order valence-electron chi connectivity index (χ4n) is 2.44. The molecule has 1 rings (SSSR count). The molecule has 0 amide bonds. The molecule has 0 aromatic rings. The molecule has 1 saturated carbocycles. The van der Waals surface area contributed by atoms with Crippen LogP contribution < -0.4 is 0 Å². The number of hydrogen-bond donors (Lipinski definition) is 0. The third-order valence-corrected chi connectivity index (χ3v) is 3.54. The topological polar surface area (TPSA) is 0 Å². The first-order valence-corrected chi connectivity index (χ1v) is 6.42. The van der Waals surface area contributed by atoms with Crippen molar-refractivity contribution in [2.75, 3.05) is 0 Å². The Morgan fingerprint density at radius 2 is 1.80 bits per heavy atom. The summed E-state index contributed by atoms with van der Waals surface area (Å²) >= 11 is 0. The van der Waals surface area contributed by atoms with Gasteiger partial charge in [-0.15, -0.1) is 0 Å². The van der Waals surface area contributed by atoms with Crippen LogP contribution in [0.2, 0.25) is 0 Å². The van der Waals surface area contributed by atoms with Crippen molar-refractivity contribution in [1.29, 1.82) is 0 Å². The molecule has 0 aliphatic heterocycles. The van der Waals surface area contributed by atoms with Gasteiger partial charge in [0.05, 0.1) is 0 Å². The second-order valence-corrected chi connectivity index (χ2v) is 5.58. The van der Waals surface area contributed by atoms with Crippen molar-refractivity contribution in [3.05, 3.63) is 23.8 Å². The lowest BCUT2D eigenvalue weighted by Gasteiger charge is -2.33. The largest absolute Gasteiger partial charge is 0.0845 e. The Balaban J connectivity index is 2.24. The van der Waals surface area contributed by atoms with Crippen LogP contribution in [0.3, 0.4) is 0 Å². The van der Waals surface area contributed by atoms with Crippen LogP contribution in [0.25, 0.3) is 0 Å². The summed E-state index contributed by atoms with van der Waals surface area (Å²) < 4.78 is 0. The van der Waals surface area contributed by atoms with E-state index in [4.69, 9.17) is 0 Å². The molecule has 0 aromatic heterocycles. The normalized spacial score (nSPS) is 20.5. The standard InChI is InChI=1S/C15H26/c1-14(2)10-6-4-7-11-15(3)12-8-5-9-13-15/h4,6,10H,5,7-9,11-13H2,1-3H3/b6-4-. The van der Waals surface area contributed by atoms with Gasteiger partial charge in [0, 0.05) is 0 Å². The van der Waals surface area contributed by atoms with Crippen LogP contribution in [0.5, 0.6) is 0 Å². The van der Waals surface area contributed by atoms with Gasteiger partial charge in [0.25, 0.3) is 0 Å². The summed E-state index contributed by atoms with van der Waals surface area (Å²) in [5, 5.41) is 0. The van der Waals surface area contributed by atoms with Gasteiger partial charge in [0.2, 0.25) is 0 Å². The lowest BCUT2D eigenvalue weighted by atomic mass is 9.73. The molecule has 86 valence electrons. The van der Waals surface area contributed by atoms with Crippen molar-refractivity contribution in [3.8, 4) is 0 Å². The molecule has 0 atom stereocenters. The summed E-state index contributed by atoms with van der Waals surface area (Å²) in [7, 11) is 0. The molecule has 0 heteroatoms. The summed E-state index contributed by atoms with van der Waals surface area (Å²) in [6, 6.07) is 0. The Hall–Kier alpha value is -0.520. The fraction of sp³-hybridized carbons (Fsp3) is 0.733. The minimum Gasteiger partial charge on any atom is -0.0845 e. The predicted octanol–water partition coefficient (Wildman–Crippen LogP) is 5.26. The molecule has 1 aliphatic rings. The third kappa shape index (κ3) is 5.20. The summed E-state index contributed by atoms with van der Waals surface area (Å²) in [5.41, 5.74) is 2.03. The summed E-state index contributed by atoms with van der Waals surface area (Å²) in [6.45, 7) is 6.76. The Morgan fingerprint density at radius 3 is 2.40 bits per heavy atom. The zero-order chi connectivity index (χ0) is 11.1. The quantitative estimate of drug-likeness (QED) is 0.550. The zero-order valence-electron chi connectivity index (χ0n) is 10.7. The van der Waals surface area contributed by atoms with Crippen molar-refractivity contribution in [3.63, 3.8) is 0 Å². The van der Waals surface area contributed by atoms with Gasteiger partial charge < -0.3 is 0 Å². The van der Waals surface area contributed by atoms with Crippen LogP contribution in [-0.4, -0.2) is 0 Å². The average molecular weight is 206 g/mol. The van der Waals surface area contributed by atoms with Crippen molar-refractivity contribution in [1.82, 2.24) is 0 Å². The summed E-state index contributed by atoms with van der Waals surface area (Å²) in [6.07, 6.45) is 16.6. The molecule has 15 heavy (non-hydrogen) atoms. The highest BCUT2D eigenvalue weighted by molar-refractivity contribution is 5.08. The molecule has 0 saturated heterocycles. The van der Waals surface area contributed by atoms with Crippen LogP contribution in [0.1, 0.15) is 65.7 Å². The molecule has 1 fully saturated rings. The Kier molecular flexibility index (Phi) is 5.14. The summed E-state index contributed by atoms with van der Waals surface area (Å²) in [5.74, 6) is 0. The second kappa shape index (κ2) is 6.15. The first-order chi connectivity index (χ1) is 7.12. The smallest absolute Gasteiger partial charge is 0.0323 e. The fourth-order valence-corrected chi connectivity index (χ4v) is 2.44. The maximum atomic E-state index is 2.47. The SMILES string of the molecule is CC(C)=C/C=C\CCC1(C)CCCCC1. The van der Waals surface area contributed by atoms with Crippen LogP contribution >= 0.6 is 0 Å². The van der Waals surface area contributed by atoms with Gasteiger partial charge in [-0.25, -0.2) is 0 Å². The van der Waals surface area contributed by atoms with Gasteiger partial charge in [-0.1, -0.05) is 50.0 Å². The van der Waals surface area contributed by atoms with E-state index in [-0.39, 0.29) is 0 Å². The first kappa shape index (κ1) is 12.5. The second-order valence-electron chi connectivity index (χ2n) is 5.58. The average Bonchev–Trinajstić information content (AvgIpc) is 2.17. The van der Waals surface area contributed by atoms with E-state index in [1.807, 2.05) is 0 Å². The van der Waals surface area contributed by atoms with Crippen LogP contribution in [0.15, 0.2) is 23.8 Å². The van der Waals surface area contributed by atoms with E-state index in [9.17, 15) is 0 Å². The zero-order valence-corrected chi connectivity index (χ0v) is 10.7. The van der Waals surface area contributed by atoms with Gasteiger partial charge >= 0.3 is 0 Å². The monoisotopic (exact) mass is 206 g/mol. The minimum absolute atomic E-state index is 0.646. The molecule has 0 spiro atoms. The van der Waals surface area contributed by atoms with E-state index in [2.05, 4.69) is 39.0 Å². The molecule has 0 heterocycles. The van der Waals surface area contributed by atoms with Gasteiger partial charge in [0.15, 0.2) is 0 Å². The van der Waals surface area contributed by atoms with Gasteiger partial charge in [0.1, 0.15) is 0 Å². The number of rotatable bonds is 4. The van der Waals surface area contributed by atoms with Gasteiger partial charge in [-0.2, -0.15) is 0 Å². The Morgan fingerprint density at radius 1 is 1.13 bits per heavy atom. The molecule has 0 N–H and O–H groups in total. The highest BCUT2D eigenvalue weighted by Gasteiger charge is 2.25.